The molecule has 1 amide bonds. The number of ketones is 1. The van der Waals surface area contributed by atoms with Gasteiger partial charge in [-0.25, -0.2) is 8.42 Å². The third-order valence-electron chi connectivity index (χ3n) is 4.64. The number of anilines is 1. The summed E-state index contributed by atoms with van der Waals surface area (Å²) in [7, 11) is -3.56. The van der Waals surface area contributed by atoms with Crippen molar-refractivity contribution in [2.75, 3.05) is 49.8 Å². The largest absolute Gasteiger partial charge is 0.340 e. The topological polar surface area (TPSA) is 78.0 Å². The zero-order chi connectivity index (χ0) is 19.3. The highest BCUT2D eigenvalue weighted by molar-refractivity contribution is 7.92. The van der Waals surface area contributed by atoms with Crippen LogP contribution in [0.25, 0.3) is 0 Å². The number of likely N-dealkylation sites (N-methyl/N-ethyl adjacent to an activating group) is 1. The predicted octanol–water partition coefficient (Wildman–Crippen LogP) is 1.21. The Hall–Kier alpha value is -1.93. The first-order chi connectivity index (χ1) is 12.2. The number of carbonyl (C=O) groups is 2. The predicted molar refractivity (Wildman–Crippen MR) is 102 cm³/mol. The van der Waals surface area contributed by atoms with Gasteiger partial charge in [0, 0.05) is 44.7 Å². The maximum atomic E-state index is 12.5. The normalized spacial score (nSPS) is 15.7. The van der Waals surface area contributed by atoms with Crippen LogP contribution in [0.1, 0.15) is 30.6 Å². The molecule has 1 fully saturated rings. The molecule has 0 aliphatic carbocycles. The number of hydrogen-bond donors (Lipinski definition) is 0. The van der Waals surface area contributed by atoms with Crippen molar-refractivity contribution in [1.82, 2.24) is 9.80 Å². The maximum Gasteiger partial charge on any atom is 0.232 e. The Morgan fingerprint density at radius 2 is 1.81 bits per heavy atom. The second-order valence-corrected chi connectivity index (χ2v) is 8.41. The minimum Gasteiger partial charge on any atom is -0.340 e. The maximum absolute atomic E-state index is 12.5. The summed E-state index contributed by atoms with van der Waals surface area (Å²) in [5, 5.41) is 0. The quantitative estimate of drug-likeness (QED) is 0.664. The van der Waals surface area contributed by atoms with Gasteiger partial charge >= 0.3 is 0 Å². The third kappa shape index (κ3) is 5.28. The van der Waals surface area contributed by atoms with Crippen molar-refractivity contribution >= 4 is 27.4 Å². The summed E-state index contributed by atoms with van der Waals surface area (Å²) in [6.45, 7) is 7.59. The zero-order valence-electron chi connectivity index (χ0n) is 15.6. The summed E-state index contributed by atoms with van der Waals surface area (Å²) in [5.74, 6) is -0.178. The van der Waals surface area contributed by atoms with Crippen LogP contribution in [-0.4, -0.2) is 75.4 Å². The number of amides is 1. The molecule has 0 radical (unpaired) electrons. The highest BCUT2D eigenvalue weighted by atomic mass is 32.2. The molecule has 26 heavy (non-hydrogen) atoms. The van der Waals surface area contributed by atoms with Gasteiger partial charge in [-0.3, -0.25) is 13.9 Å². The van der Waals surface area contributed by atoms with Crippen molar-refractivity contribution in [2.45, 2.75) is 20.3 Å². The minimum absolute atomic E-state index is 0.0443. The zero-order valence-corrected chi connectivity index (χ0v) is 16.5. The van der Waals surface area contributed by atoms with Gasteiger partial charge in [0.05, 0.1) is 11.9 Å². The van der Waals surface area contributed by atoms with Gasteiger partial charge in [-0.2, -0.15) is 0 Å². The Labute approximate surface area is 155 Å². The molecule has 1 aliphatic rings. The summed E-state index contributed by atoms with van der Waals surface area (Å²) in [5.41, 5.74) is 0.849. The Balaban J connectivity index is 2.06. The molecule has 2 rings (SSSR count). The van der Waals surface area contributed by atoms with E-state index in [9.17, 15) is 18.0 Å². The molecule has 1 heterocycles. The molecule has 1 saturated heterocycles. The van der Waals surface area contributed by atoms with E-state index < -0.39 is 10.0 Å². The number of hydrogen-bond acceptors (Lipinski definition) is 5. The lowest BCUT2D eigenvalue weighted by Gasteiger charge is -2.34. The van der Waals surface area contributed by atoms with Crippen LogP contribution in [0, 0.1) is 0 Å². The molecule has 0 aromatic heterocycles. The van der Waals surface area contributed by atoms with Crippen LogP contribution < -0.4 is 4.31 Å². The van der Waals surface area contributed by atoms with Crippen molar-refractivity contribution in [3.63, 3.8) is 0 Å². The fraction of sp³-hybridized carbons (Fsp3) is 0.556. The molecule has 0 saturated carbocycles. The highest BCUT2D eigenvalue weighted by Gasteiger charge is 2.23. The smallest absolute Gasteiger partial charge is 0.232 e. The first kappa shape index (κ1) is 20.4. The number of Topliss-reactive ketones (excluding diaryl/α,β-unsaturated/α-hetero) is 1. The van der Waals surface area contributed by atoms with E-state index in [-0.39, 0.29) is 24.7 Å². The fourth-order valence-electron chi connectivity index (χ4n) is 3.04. The van der Waals surface area contributed by atoms with Gasteiger partial charge in [-0.1, -0.05) is 19.1 Å². The van der Waals surface area contributed by atoms with Crippen molar-refractivity contribution in [3.05, 3.63) is 29.8 Å². The fourth-order valence-corrected chi connectivity index (χ4v) is 3.95. The van der Waals surface area contributed by atoms with Crippen molar-refractivity contribution in [2.24, 2.45) is 0 Å². The van der Waals surface area contributed by atoms with E-state index in [1.165, 1.54) is 11.2 Å². The Bertz CT molecular complexity index is 755. The first-order valence-corrected chi connectivity index (χ1v) is 10.7. The molecule has 144 valence electrons. The summed E-state index contributed by atoms with van der Waals surface area (Å²) >= 11 is 0. The van der Waals surface area contributed by atoms with Crippen LogP contribution in [-0.2, 0) is 14.8 Å². The second kappa shape index (κ2) is 8.64. The van der Waals surface area contributed by atoms with E-state index >= 15 is 0 Å². The molecular weight excluding hydrogens is 354 g/mol. The summed E-state index contributed by atoms with van der Waals surface area (Å²) < 4.78 is 25.6. The third-order valence-corrected chi connectivity index (χ3v) is 5.84. The number of benzene rings is 1. The second-order valence-electron chi connectivity index (χ2n) is 6.51. The SMILES string of the molecule is CCN1CCN(C(=O)CCN(c2cccc(C(C)=O)c2)S(C)(=O)=O)CC1. The summed E-state index contributed by atoms with van der Waals surface area (Å²) in [6, 6.07) is 6.48. The molecule has 0 unspecified atom stereocenters. The van der Waals surface area contributed by atoms with Crippen LogP contribution in [0.3, 0.4) is 0 Å². The van der Waals surface area contributed by atoms with Crippen LogP contribution in [0.4, 0.5) is 5.69 Å². The molecule has 0 atom stereocenters. The van der Waals surface area contributed by atoms with Crippen molar-refractivity contribution in [1.29, 1.82) is 0 Å². The number of nitrogens with zero attached hydrogens (tertiary/aromatic N) is 3. The molecule has 1 aliphatic heterocycles. The van der Waals surface area contributed by atoms with Gasteiger partial charge in [0.1, 0.15) is 0 Å². The number of sulfonamides is 1. The Morgan fingerprint density at radius 1 is 1.15 bits per heavy atom. The molecule has 1 aromatic rings. The van der Waals surface area contributed by atoms with Gasteiger partial charge in [0.15, 0.2) is 5.78 Å². The molecular formula is C18H27N3O4S. The van der Waals surface area contributed by atoms with Gasteiger partial charge in [-0.15, -0.1) is 0 Å². The van der Waals surface area contributed by atoms with E-state index in [1.807, 2.05) is 0 Å². The molecule has 1 aromatic carbocycles. The lowest BCUT2D eigenvalue weighted by molar-refractivity contribution is -0.132. The highest BCUT2D eigenvalue weighted by Crippen LogP contribution is 2.20. The number of carbonyl (C=O) groups excluding carboxylic acids is 2. The number of piperazine rings is 1. The first-order valence-electron chi connectivity index (χ1n) is 8.81. The van der Waals surface area contributed by atoms with Gasteiger partial charge in [-0.05, 0) is 25.6 Å². The Morgan fingerprint density at radius 3 is 2.35 bits per heavy atom. The standard InChI is InChI=1S/C18H27N3O4S/c1-4-19-10-12-20(13-11-19)18(23)8-9-21(26(3,24)25)17-7-5-6-16(14-17)15(2)22/h5-7,14H,4,8-13H2,1-3H3. The molecule has 0 N–H and O–H groups in total. The van der Waals surface area contributed by atoms with Crippen molar-refractivity contribution < 1.29 is 18.0 Å². The van der Waals surface area contributed by atoms with Gasteiger partial charge in [0.2, 0.25) is 15.9 Å². The minimum atomic E-state index is -3.56. The average molecular weight is 381 g/mol. The van der Waals surface area contributed by atoms with E-state index in [0.717, 1.165) is 25.9 Å². The van der Waals surface area contributed by atoms with Crippen molar-refractivity contribution in [3.8, 4) is 0 Å². The van der Waals surface area contributed by atoms with Gasteiger partial charge < -0.3 is 9.80 Å². The number of rotatable bonds is 7. The lowest BCUT2D eigenvalue weighted by Crippen LogP contribution is -2.49. The average Bonchev–Trinajstić information content (AvgIpc) is 2.61. The Kier molecular flexibility index (Phi) is 6.77. The monoisotopic (exact) mass is 381 g/mol. The van der Waals surface area contributed by atoms with Crippen LogP contribution in [0.2, 0.25) is 0 Å². The molecule has 8 heteroatoms. The molecule has 0 bridgehead atoms. The van der Waals surface area contributed by atoms with E-state index in [1.54, 1.807) is 29.2 Å². The molecule has 0 spiro atoms. The summed E-state index contributed by atoms with van der Waals surface area (Å²) in [6.07, 6.45) is 1.22. The lowest BCUT2D eigenvalue weighted by atomic mass is 10.1. The summed E-state index contributed by atoms with van der Waals surface area (Å²) in [4.78, 5) is 28.1. The van der Waals surface area contributed by atoms with E-state index in [4.69, 9.17) is 0 Å². The van der Waals surface area contributed by atoms with Crippen LogP contribution >= 0.6 is 0 Å². The van der Waals surface area contributed by atoms with E-state index in [0.29, 0.717) is 24.3 Å². The van der Waals surface area contributed by atoms with Gasteiger partial charge in [0.25, 0.3) is 0 Å². The van der Waals surface area contributed by atoms with Crippen LogP contribution in [0.5, 0.6) is 0 Å². The van der Waals surface area contributed by atoms with Crippen LogP contribution in [0.15, 0.2) is 24.3 Å². The molecule has 7 nitrogen and oxygen atoms in total. The van der Waals surface area contributed by atoms with E-state index in [2.05, 4.69) is 11.8 Å².